The Balaban J connectivity index is 2.68. The van der Waals surface area contributed by atoms with Crippen molar-refractivity contribution < 1.29 is 14.6 Å². The first-order valence-corrected chi connectivity index (χ1v) is 5.47. The molecular weight excluding hydrogens is 216 g/mol. The third-order valence-corrected chi connectivity index (χ3v) is 2.60. The van der Waals surface area contributed by atoms with Gasteiger partial charge in [-0.3, -0.25) is 4.79 Å². The van der Waals surface area contributed by atoms with Crippen LogP contribution < -0.4 is 4.74 Å². The lowest BCUT2D eigenvalue weighted by molar-refractivity contribution is -0.131. The van der Waals surface area contributed by atoms with E-state index in [9.17, 15) is 9.90 Å². The summed E-state index contributed by atoms with van der Waals surface area (Å²) in [5.74, 6) is 0.0355. The zero-order chi connectivity index (χ0) is 12.4. The van der Waals surface area contributed by atoms with Crippen LogP contribution >= 0.6 is 0 Å². The third-order valence-electron chi connectivity index (χ3n) is 2.60. The number of carbonyl (C=O) groups is 1. The van der Waals surface area contributed by atoms with Crippen LogP contribution in [0.5, 0.6) is 5.75 Å². The van der Waals surface area contributed by atoms with Gasteiger partial charge >= 0.3 is 5.97 Å². The van der Waals surface area contributed by atoms with Crippen LogP contribution in [0.2, 0.25) is 0 Å². The Kier molecular flexibility index (Phi) is 3.11. The van der Waals surface area contributed by atoms with E-state index in [4.69, 9.17) is 4.74 Å². The fourth-order valence-electron chi connectivity index (χ4n) is 1.95. The second-order valence-electron chi connectivity index (χ2n) is 3.97. The van der Waals surface area contributed by atoms with Gasteiger partial charge in [0.15, 0.2) is 0 Å². The predicted octanol–water partition coefficient (Wildman–Crippen LogP) is 2.82. The maximum atomic E-state index is 11.0. The van der Waals surface area contributed by atoms with E-state index in [1.807, 2.05) is 30.3 Å². The minimum atomic E-state index is -0.685. The maximum Gasteiger partial charge on any atom is 0.308 e. The molecule has 0 aliphatic heterocycles. The summed E-state index contributed by atoms with van der Waals surface area (Å²) in [4.78, 5) is 11.0. The van der Waals surface area contributed by atoms with E-state index in [1.54, 1.807) is 13.0 Å². The number of benzene rings is 2. The van der Waals surface area contributed by atoms with Crippen molar-refractivity contribution in [2.24, 2.45) is 0 Å². The molecule has 3 heteroatoms. The van der Waals surface area contributed by atoms with E-state index in [2.05, 4.69) is 0 Å². The van der Waals surface area contributed by atoms with E-state index < -0.39 is 6.10 Å². The lowest BCUT2D eigenvalue weighted by atomic mass is 10.00. The topological polar surface area (TPSA) is 46.5 Å². The Labute approximate surface area is 99.6 Å². The highest BCUT2D eigenvalue weighted by Gasteiger charge is 2.14. The summed E-state index contributed by atoms with van der Waals surface area (Å²) in [6.07, 6.45) is -0.685. The van der Waals surface area contributed by atoms with Crippen molar-refractivity contribution in [1.29, 1.82) is 0 Å². The second-order valence-corrected chi connectivity index (χ2v) is 3.97. The minimum Gasteiger partial charge on any atom is -0.426 e. The fourth-order valence-corrected chi connectivity index (χ4v) is 1.95. The van der Waals surface area contributed by atoms with Gasteiger partial charge in [-0.2, -0.15) is 0 Å². The minimum absolute atomic E-state index is 0.387. The molecule has 0 spiro atoms. The number of ether oxygens (including phenoxy) is 1. The summed E-state index contributed by atoms with van der Waals surface area (Å²) in [6, 6.07) is 11.3. The first kappa shape index (κ1) is 11.6. The van der Waals surface area contributed by atoms with Crippen LogP contribution in [-0.4, -0.2) is 11.1 Å². The monoisotopic (exact) mass is 230 g/mol. The normalized spacial score (nSPS) is 12.4. The molecule has 17 heavy (non-hydrogen) atoms. The van der Waals surface area contributed by atoms with Gasteiger partial charge in [-0.1, -0.05) is 30.3 Å². The first-order valence-electron chi connectivity index (χ1n) is 5.47. The summed E-state index contributed by atoms with van der Waals surface area (Å²) >= 11 is 0. The number of rotatable bonds is 2. The Morgan fingerprint density at radius 1 is 1.24 bits per heavy atom. The molecule has 0 aromatic heterocycles. The fraction of sp³-hybridized carbons (Fsp3) is 0.214. The third kappa shape index (κ3) is 2.29. The van der Waals surface area contributed by atoms with E-state index in [0.717, 1.165) is 10.8 Å². The average molecular weight is 230 g/mol. The van der Waals surface area contributed by atoms with Crippen LogP contribution in [0.4, 0.5) is 0 Å². The molecule has 0 radical (unpaired) electrons. The number of aliphatic hydroxyl groups is 1. The summed E-state index contributed by atoms with van der Waals surface area (Å²) in [5, 5.41) is 11.7. The molecule has 0 amide bonds. The molecule has 1 atom stereocenters. The summed E-state index contributed by atoms with van der Waals surface area (Å²) in [7, 11) is 0. The van der Waals surface area contributed by atoms with E-state index in [1.165, 1.54) is 6.92 Å². The Bertz CT molecular complexity index is 558. The number of carbonyl (C=O) groups excluding carboxylic acids is 1. The van der Waals surface area contributed by atoms with Crippen LogP contribution in [-0.2, 0) is 4.79 Å². The average Bonchev–Trinajstić information content (AvgIpc) is 2.27. The molecule has 0 bridgehead atoms. The number of esters is 1. The SMILES string of the molecule is CC(=O)Oc1ccc2ccccc2c1C(C)O. The molecule has 1 unspecified atom stereocenters. The molecule has 0 saturated heterocycles. The van der Waals surface area contributed by atoms with Crippen LogP contribution in [0.3, 0.4) is 0 Å². The Morgan fingerprint density at radius 2 is 1.94 bits per heavy atom. The summed E-state index contributed by atoms with van der Waals surface area (Å²) in [6.45, 7) is 3.01. The van der Waals surface area contributed by atoms with Crippen molar-refractivity contribution in [1.82, 2.24) is 0 Å². The first-order chi connectivity index (χ1) is 8.09. The highest BCUT2D eigenvalue weighted by Crippen LogP contribution is 2.33. The highest BCUT2D eigenvalue weighted by molar-refractivity contribution is 5.89. The van der Waals surface area contributed by atoms with E-state index in [-0.39, 0.29) is 5.97 Å². The number of hydrogen-bond acceptors (Lipinski definition) is 3. The van der Waals surface area contributed by atoms with Gasteiger partial charge in [-0.25, -0.2) is 0 Å². The van der Waals surface area contributed by atoms with Gasteiger partial charge in [0, 0.05) is 12.5 Å². The van der Waals surface area contributed by atoms with Crippen molar-refractivity contribution in [3.8, 4) is 5.75 Å². The van der Waals surface area contributed by atoms with Crippen LogP contribution in [0, 0.1) is 0 Å². The molecule has 88 valence electrons. The van der Waals surface area contributed by atoms with Crippen LogP contribution in [0.25, 0.3) is 10.8 Å². The molecule has 3 nitrogen and oxygen atoms in total. The smallest absolute Gasteiger partial charge is 0.308 e. The molecule has 1 N–H and O–H groups in total. The van der Waals surface area contributed by atoms with Crippen LogP contribution in [0.15, 0.2) is 36.4 Å². The number of aliphatic hydroxyl groups excluding tert-OH is 1. The van der Waals surface area contributed by atoms with Gasteiger partial charge in [-0.05, 0) is 23.8 Å². The molecule has 0 fully saturated rings. The van der Waals surface area contributed by atoms with Crippen molar-refractivity contribution in [2.75, 3.05) is 0 Å². The summed E-state index contributed by atoms with van der Waals surface area (Å²) in [5.41, 5.74) is 0.651. The predicted molar refractivity (Wildman–Crippen MR) is 65.9 cm³/mol. The largest absolute Gasteiger partial charge is 0.426 e. The van der Waals surface area contributed by atoms with Gasteiger partial charge in [-0.15, -0.1) is 0 Å². The molecule has 0 aliphatic rings. The Morgan fingerprint density at radius 3 is 2.59 bits per heavy atom. The van der Waals surface area contributed by atoms with Crippen molar-refractivity contribution in [3.05, 3.63) is 42.0 Å². The van der Waals surface area contributed by atoms with Gasteiger partial charge in [0.1, 0.15) is 5.75 Å². The zero-order valence-corrected chi connectivity index (χ0v) is 9.81. The second kappa shape index (κ2) is 4.55. The lowest BCUT2D eigenvalue weighted by Gasteiger charge is -2.14. The maximum absolute atomic E-state index is 11.0. The Hall–Kier alpha value is -1.87. The molecule has 2 aromatic carbocycles. The molecular formula is C14H14O3. The van der Waals surface area contributed by atoms with Crippen LogP contribution in [0.1, 0.15) is 25.5 Å². The standard InChI is InChI=1S/C14H14O3/c1-9(15)14-12-6-4-3-5-11(12)7-8-13(14)17-10(2)16/h3-9,15H,1-2H3. The van der Waals surface area contributed by atoms with Crippen molar-refractivity contribution in [3.63, 3.8) is 0 Å². The van der Waals surface area contributed by atoms with Crippen molar-refractivity contribution in [2.45, 2.75) is 20.0 Å². The quantitative estimate of drug-likeness (QED) is 0.637. The molecule has 2 aromatic rings. The molecule has 0 saturated carbocycles. The van der Waals surface area contributed by atoms with E-state index >= 15 is 0 Å². The van der Waals surface area contributed by atoms with Crippen molar-refractivity contribution >= 4 is 16.7 Å². The molecule has 2 rings (SSSR count). The van der Waals surface area contributed by atoms with Gasteiger partial charge in [0.05, 0.1) is 6.10 Å². The van der Waals surface area contributed by atoms with Gasteiger partial charge in [0.2, 0.25) is 0 Å². The summed E-state index contributed by atoms with van der Waals surface area (Å²) < 4.78 is 5.12. The zero-order valence-electron chi connectivity index (χ0n) is 9.81. The molecule has 0 aliphatic carbocycles. The lowest BCUT2D eigenvalue weighted by Crippen LogP contribution is -2.06. The number of hydrogen-bond donors (Lipinski definition) is 1. The number of fused-ring (bicyclic) bond motifs is 1. The van der Waals surface area contributed by atoms with Gasteiger partial charge in [0.25, 0.3) is 0 Å². The highest BCUT2D eigenvalue weighted by atomic mass is 16.5. The molecule has 0 heterocycles. The van der Waals surface area contributed by atoms with E-state index in [0.29, 0.717) is 11.3 Å². The van der Waals surface area contributed by atoms with Gasteiger partial charge < -0.3 is 9.84 Å².